The van der Waals surface area contributed by atoms with Crippen LogP contribution in [-0.4, -0.2) is 17.8 Å². The van der Waals surface area contributed by atoms with E-state index >= 15 is 0 Å². The standard InChI is InChI=1S/C13H10N4O2S2/c1-8-5-12(16-20-8)21(18,19)17-11-4-2-3-10-9(6-14)7-15-13(10)11/h2-5,7,15,17H,1H3. The zero-order valence-electron chi connectivity index (χ0n) is 10.9. The molecule has 0 saturated carbocycles. The summed E-state index contributed by atoms with van der Waals surface area (Å²) in [6, 6.07) is 8.66. The lowest BCUT2D eigenvalue weighted by Crippen LogP contribution is -2.13. The van der Waals surface area contributed by atoms with Crippen molar-refractivity contribution in [3.05, 3.63) is 40.9 Å². The van der Waals surface area contributed by atoms with E-state index in [9.17, 15) is 8.42 Å². The first kappa shape index (κ1) is 13.6. The predicted molar refractivity (Wildman–Crippen MR) is 80.7 cm³/mol. The fourth-order valence-corrected chi connectivity index (χ4v) is 3.93. The van der Waals surface area contributed by atoms with E-state index in [0.717, 1.165) is 16.4 Å². The van der Waals surface area contributed by atoms with E-state index in [4.69, 9.17) is 5.26 Å². The first-order chi connectivity index (χ1) is 10.0. The average Bonchev–Trinajstić information content (AvgIpc) is 3.05. The Kier molecular flexibility index (Phi) is 3.16. The molecule has 3 rings (SSSR count). The van der Waals surface area contributed by atoms with Crippen LogP contribution in [-0.2, 0) is 10.0 Å². The van der Waals surface area contributed by atoms with Gasteiger partial charge in [-0.1, -0.05) is 12.1 Å². The maximum Gasteiger partial charge on any atom is 0.280 e. The number of aromatic nitrogens is 2. The van der Waals surface area contributed by atoms with Gasteiger partial charge >= 0.3 is 0 Å². The van der Waals surface area contributed by atoms with Crippen molar-refractivity contribution in [2.45, 2.75) is 11.9 Å². The van der Waals surface area contributed by atoms with E-state index in [-0.39, 0.29) is 5.03 Å². The van der Waals surface area contributed by atoms with E-state index < -0.39 is 10.0 Å². The third kappa shape index (κ3) is 2.37. The topological polar surface area (TPSA) is 98.6 Å². The minimum Gasteiger partial charge on any atom is -0.358 e. The lowest BCUT2D eigenvalue weighted by Gasteiger charge is -2.06. The number of nitrogens with one attached hydrogen (secondary N) is 2. The average molecular weight is 318 g/mol. The number of hydrogen-bond donors (Lipinski definition) is 2. The van der Waals surface area contributed by atoms with Gasteiger partial charge in [-0.15, -0.1) is 0 Å². The second-order valence-electron chi connectivity index (χ2n) is 4.42. The zero-order valence-corrected chi connectivity index (χ0v) is 12.5. The molecule has 0 fully saturated rings. The minimum absolute atomic E-state index is 0.00549. The lowest BCUT2D eigenvalue weighted by molar-refractivity contribution is 0.599. The summed E-state index contributed by atoms with van der Waals surface area (Å²) in [4.78, 5) is 3.74. The highest BCUT2D eigenvalue weighted by molar-refractivity contribution is 7.92. The molecule has 6 nitrogen and oxygen atoms in total. The minimum atomic E-state index is -3.74. The number of nitriles is 1. The normalized spacial score (nSPS) is 11.4. The Morgan fingerprint density at radius 3 is 2.90 bits per heavy atom. The van der Waals surface area contributed by atoms with Gasteiger partial charge in [-0.05, 0) is 30.6 Å². The maximum absolute atomic E-state index is 12.3. The molecule has 0 spiro atoms. The lowest BCUT2D eigenvalue weighted by atomic mass is 10.2. The van der Waals surface area contributed by atoms with Crippen molar-refractivity contribution in [2.24, 2.45) is 0 Å². The molecule has 3 aromatic rings. The number of sulfonamides is 1. The van der Waals surface area contributed by atoms with Crippen molar-refractivity contribution in [2.75, 3.05) is 4.72 Å². The van der Waals surface area contributed by atoms with Crippen molar-refractivity contribution in [1.29, 1.82) is 5.26 Å². The molecule has 21 heavy (non-hydrogen) atoms. The van der Waals surface area contributed by atoms with E-state index in [2.05, 4.69) is 20.1 Å². The van der Waals surface area contributed by atoms with Crippen molar-refractivity contribution >= 4 is 38.1 Å². The molecule has 0 amide bonds. The van der Waals surface area contributed by atoms with Gasteiger partial charge < -0.3 is 4.98 Å². The molecule has 2 heterocycles. The number of H-pyrrole nitrogens is 1. The van der Waals surface area contributed by atoms with Crippen LogP contribution in [0.15, 0.2) is 35.5 Å². The van der Waals surface area contributed by atoms with Gasteiger partial charge in [0.05, 0.1) is 16.8 Å². The molecule has 0 atom stereocenters. The van der Waals surface area contributed by atoms with Crippen LogP contribution in [0.25, 0.3) is 10.9 Å². The van der Waals surface area contributed by atoms with Crippen LogP contribution in [0.1, 0.15) is 10.4 Å². The van der Waals surface area contributed by atoms with Crippen LogP contribution in [0, 0.1) is 18.3 Å². The van der Waals surface area contributed by atoms with Gasteiger partial charge in [-0.3, -0.25) is 4.72 Å². The summed E-state index contributed by atoms with van der Waals surface area (Å²) < 4.78 is 31.0. The SMILES string of the molecule is Cc1cc(S(=O)(=O)Nc2cccc3c(C#N)c[nH]c23)ns1. The summed E-state index contributed by atoms with van der Waals surface area (Å²) in [5.41, 5.74) is 1.43. The molecular formula is C13H10N4O2S2. The monoisotopic (exact) mass is 318 g/mol. The number of aromatic amines is 1. The Balaban J connectivity index is 2.06. The molecular weight excluding hydrogens is 308 g/mol. The molecule has 0 bridgehead atoms. The maximum atomic E-state index is 12.3. The first-order valence-electron chi connectivity index (χ1n) is 5.97. The van der Waals surface area contributed by atoms with Crippen LogP contribution in [0.5, 0.6) is 0 Å². The molecule has 2 aromatic heterocycles. The fraction of sp³-hybridized carbons (Fsp3) is 0.0769. The Morgan fingerprint density at radius 1 is 1.43 bits per heavy atom. The Labute approximate surface area is 125 Å². The van der Waals surface area contributed by atoms with Crippen molar-refractivity contribution in [1.82, 2.24) is 9.36 Å². The number of fused-ring (bicyclic) bond motifs is 1. The number of nitrogens with zero attached hydrogens (tertiary/aromatic N) is 2. The van der Waals surface area contributed by atoms with Crippen molar-refractivity contribution in [3.8, 4) is 6.07 Å². The van der Waals surface area contributed by atoms with Gasteiger partial charge in [-0.2, -0.15) is 18.1 Å². The summed E-state index contributed by atoms with van der Waals surface area (Å²) in [6.45, 7) is 1.79. The van der Waals surface area contributed by atoms with Gasteiger partial charge in [-0.25, -0.2) is 0 Å². The van der Waals surface area contributed by atoms with Crippen LogP contribution < -0.4 is 4.72 Å². The third-order valence-corrected chi connectivity index (χ3v) is 5.02. The third-order valence-electron chi connectivity index (χ3n) is 2.96. The Morgan fingerprint density at radius 2 is 2.24 bits per heavy atom. The van der Waals surface area contributed by atoms with Crippen LogP contribution in [0.2, 0.25) is 0 Å². The van der Waals surface area contributed by atoms with E-state index in [1.54, 1.807) is 31.3 Å². The van der Waals surface area contributed by atoms with E-state index in [1.165, 1.54) is 6.07 Å². The van der Waals surface area contributed by atoms with Crippen LogP contribution in [0.3, 0.4) is 0 Å². The molecule has 0 aliphatic heterocycles. The molecule has 0 unspecified atom stereocenters. The highest BCUT2D eigenvalue weighted by Gasteiger charge is 2.19. The molecule has 0 saturated heterocycles. The van der Waals surface area contributed by atoms with Gasteiger partial charge in [0.2, 0.25) is 0 Å². The summed E-state index contributed by atoms with van der Waals surface area (Å²) in [7, 11) is -3.74. The van der Waals surface area contributed by atoms with Gasteiger partial charge in [0, 0.05) is 16.5 Å². The molecule has 106 valence electrons. The fourth-order valence-electron chi connectivity index (χ4n) is 2.00. The second kappa shape index (κ2) is 4.87. The molecule has 0 aliphatic rings. The number of para-hydroxylation sites is 1. The van der Waals surface area contributed by atoms with Crippen molar-refractivity contribution in [3.63, 3.8) is 0 Å². The number of anilines is 1. The molecule has 8 heteroatoms. The van der Waals surface area contributed by atoms with E-state index in [0.29, 0.717) is 22.2 Å². The molecule has 0 aliphatic carbocycles. The quantitative estimate of drug-likeness (QED) is 0.775. The first-order valence-corrected chi connectivity index (χ1v) is 8.23. The number of benzene rings is 1. The predicted octanol–water partition coefficient (Wildman–Crippen LogP) is 2.61. The molecule has 1 aromatic carbocycles. The van der Waals surface area contributed by atoms with Crippen LogP contribution >= 0.6 is 11.5 Å². The Bertz CT molecular complexity index is 964. The number of hydrogen-bond acceptors (Lipinski definition) is 5. The molecule has 0 radical (unpaired) electrons. The summed E-state index contributed by atoms with van der Waals surface area (Å²) in [5, 5.41) is 9.68. The van der Waals surface area contributed by atoms with Gasteiger partial charge in [0.1, 0.15) is 6.07 Å². The zero-order chi connectivity index (χ0) is 15.0. The summed E-state index contributed by atoms with van der Waals surface area (Å²) >= 11 is 1.13. The number of aryl methyl sites for hydroxylation is 1. The van der Waals surface area contributed by atoms with Crippen LogP contribution in [0.4, 0.5) is 5.69 Å². The summed E-state index contributed by atoms with van der Waals surface area (Å²) in [6.07, 6.45) is 1.55. The Hall–Kier alpha value is -2.37. The van der Waals surface area contributed by atoms with Gasteiger partial charge in [0.25, 0.3) is 10.0 Å². The largest absolute Gasteiger partial charge is 0.358 e. The number of rotatable bonds is 3. The summed E-state index contributed by atoms with van der Waals surface area (Å²) in [5.74, 6) is 0. The van der Waals surface area contributed by atoms with E-state index in [1.807, 2.05) is 0 Å². The smallest absolute Gasteiger partial charge is 0.280 e. The van der Waals surface area contributed by atoms with Crippen molar-refractivity contribution < 1.29 is 8.42 Å². The van der Waals surface area contributed by atoms with Gasteiger partial charge in [0.15, 0.2) is 5.03 Å². The molecule has 2 N–H and O–H groups in total. The highest BCUT2D eigenvalue weighted by atomic mass is 32.2. The second-order valence-corrected chi connectivity index (χ2v) is 7.06. The highest BCUT2D eigenvalue weighted by Crippen LogP contribution is 2.27.